The van der Waals surface area contributed by atoms with Crippen molar-refractivity contribution in [2.24, 2.45) is 0 Å². The molecule has 2 fully saturated rings. The van der Waals surface area contributed by atoms with Crippen molar-refractivity contribution in [1.29, 1.82) is 0 Å². The van der Waals surface area contributed by atoms with Gasteiger partial charge in [-0.15, -0.1) is 0 Å². The lowest BCUT2D eigenvalue weighted by molar-refractivity contribution is 0.416. The molecule has 2 saturated carbocycles. The SMILES string of the molecule is CC12CC=CC=C1C1(c3cc(C4CCCCC4)ccc3Oc3ccc(C4CCCCC4)cc31)c1cc(N(c3ccc4c(c3)C3(c5ccccc5Oc5ccccc53)c3ccccc3-4)c3ccccc3-c3cccc4ccccc34)ccc12. The molecule has 5 aliphatic carbocycles. The van der Waals surface area contributed by atoms with E-state index in [1.807, 2.05) is 0 Å². The van der Waals surface area contributed by atoms with Gasteiger partial charge in [-0.3, -0.25) is 0 Å². The number of anilines is 3. The largest absolute Gasteiger partial charge is 0.457 e. The molecule has 2 spiro atoms. The zero-order valence-electron chi connectivity index (χ0n) is 46.6. The van der Waals surface area contributed by atoms with Crippen LogP contribution in [0.15, 0.2) is 236 Å². The molecule has 10 aromatic rings. The highest BCUT2D eigenvalue weighted by molar-refractivity contribution is 6.02. The summed E-state index contributed by atoms with van der Waals surface area (Å²) in [6, 6.07) is 81.1. The van der Waals surface area contributed by atoms with Crippen LogP contribution in [0.5, 0.6) is 23.0 Å². The van der Waals surface area contributed by atoms with E-state index in [1.165, 1.54) is 147 Å². The first kappa shape index (κ1) is 48.1. The third kappa shape index (κ3) is 6.77. The summed E-state index contributed by atoms with van der Waals surface area (Å²) in [5.74, 6) is 4.82. The van der Waals surface area contributed by atoms with Crippen molar-refractivity contribution < 1.29 is 9.47 Å². The lowest BCUT2D eigenvalue weighted by Gasteiger charge is -2.43. The first-order chi connectivity index (χ1) is 40.5. The molecule has 398 valence electrons. The van der Waals surface area contributed by atoms with Crippen molar-refractivity contribution in [3.63, 3.8) is 0 Å². The fourth-order valence-electron chi connectivity index (χ4n) is 17.0. The van der Waals surface area contributed by atoms with Gasteiger partial charge in [0.1, 0.15) is 23.0 Å². The Morgan fingerprint density at radius 2 is 0.927 bits per heavy atom. The van der Waals surface area contributed by atoms with E-state index in [0.29, 0.717) is 11.8 Å². The van der Waals surface area contributed by atoms with Crippen molar-refractivity contribution in [2.45, 2.75) is 106 Å². The molecule has 3 nitrogen and oxygen atoms in total. The van der Waals surface area contributed by atoms with Crippen LogP contribution in [-0.4, -0.2) is 0 Å². The summed E-state index contributed by atoms with van der Waals surface area (Å²) >= 11 is 0. The fourth-order valence-corrected chi connectivity index (χ4v) is 17.0. The molecule has 0 saturated heterocycles. The highest BCUT2D eigenvalue weighted by Gasteiger charge is 2.60. The smallest absolute Gasteiger partial charge is 0.132 e. The Kier molecular flexibility index (Phi) is 10.8. The van der Waals surface area contributed by atoms with Crippen LogP contribution in [0.1, 0.15) is 145 Å². The minimum absolute atomic E-state index is 0.266. The Hall–Kier alpha value is -8.66. The van der Waals surface area contributed by atoms with E-state index in [-0.39, 0.29) is 5.41 Å². The first-order valence-corrected chi connectivity index (χ1v) is 30.5. The Morgan fingerprint density at radius 1 is 0.390 bits per heavy atom. The lowest BCUT2D eigenvalue weighted by atomic mass is 9.61. The van der Waals surface area contributed by atoms with Crippen molar-refractivity contribution in [3.8, 4) is 45.3 Å². The second-order valence-corrected chi connectivity index (χ2v) is 24.8. The van der Waals surface area contributed by atoms with E-state index >= 15 is 0 Å². The van der Waals surface area contributed by atoms with Gasteiger partial charge in [-0.1, -0.05) is 221 Å². The van der Waals surface area contributed by atoms with Crippen LogP contribution < -0.4 is 14.4 Å². The number of fused-ring (bicyclic) bond motifs is 19. The summed E-state index contributed by atoms with van der Waals surface area (Å²) in [7, 11) is 0. The Balaban J connectivity index is 0.961. The van der Waals surface area contributed by atoms with Crippen molar-refractivity contribution in [3.05, 3.63) is 292 Å². The number of allylic oxidation sites excluding steroid dienone is 4. The van der Waals surface area contributed by atoms with Crippen molar-refractivity contribution in [1.82, 2.24) is 0 Å². The second-order valence-electron chi connectivity index (χ2n) is 24.8. The molecular weight excluding hydrogens is 995 g/mol. The maximum Gasteiger partial charge on any atom is 0.132 e. The molecule has 7 aliphatic rings. The van der Waals surface area contributed by atoms with E-state index in [9.17, 15) is 0 Å². The van der Waals surface area contributed by atoms with Crippen LogP contribution in [0.2, 0.25) is 0 Å². The number of hydrogen-bond donors (Lipinski definition) is 0. The Bertz CT molecular complexity index is 4220. The quantitative estimate of drug-likeness (QED) is 0.166. The molecule has 1 atom stereocenters. The van der Waals surface area contributed by atoms with Crippen LogP contribution >= 0.6 is 0 Å². The van der Waals surface area contributed by atoms with Crippen LogP contribution in [0.3, 0.4) is 0 Å². The van der Waals surface area contributed by atoms with E-state index in [0.717, 1.165) is 57.6 Å². The van der Waals surface area contributed by atoms with E-state index in [2.05, 4.69) is 242 Å². The molecular formula is C79H65NO2. The van der Waals surface area contributed by atoms with Gasteiger partial charge in [-0.25, -0.2) is 0 Å². The molecule has 0 aromatic heterocycles. The number of rotatable bonds is 6. The van der Waals surface area contributed by atoms with Crippen molar-refractivity contribution >= 4 is 27.8 Å². The predicted octanol–water partition coefficient (Wildman–Crippen LogP) is 21.1. The van der Waals surface area contributed by atoms with Crippen LogP contribution in [0, 0.1) is 0 Å². The molecule has 0 N–H and O–H groups in total. The minimum atomic E-state index is -0.637. The standard InChI is InChI=1S/C79H65NO2/c1-77-46-19-18-37-76(77)79(69-47-54(51-21-4-2-5-22-51)38-44-74(69)82-75-45-39-55(48-70(75)79)52-23-6-3-7-24-52)68-50-57(41-43-64(68)77)80(71-34-15-11-29-62(71)59-30-20-26-53-25-8-9-27-58(53)59)56-40-42-61-60-28-10-12-31-63(60)78(67(61)49-56)65-32-13-16-35-72(65)81-73-36-17-14-33-66(73)78/h8-20,25-45,47-52H,2-7,21-24,46H2,1H3. The van der Waals surface area contributed by atoms with Gasteiger partial charge in [-0.05, 0) is 165 Å². The summed E-state index contributed by atoms with van der Waals surface area (Å²) in [6.45, 7) is 2.54. The maximum atomic E-state index is 7.30. The molecule has 10 aromatic carbocycles. The van der Waals surface area contributed by atoms with E-state index < -0.39 is 10.8 Å². The third-order valence-corrected chi connectivity index (χ3v) is 20.7. The van der Waals surface area contributed by atoms with E-state index in [1.54, 1.807) is 0 Å². The van der Waals surface area contributed by atoms with Gasteiger partial charge in [0.15, 0.2) is 0 Å². The predicted molar refractivity (Wildman–Crippen MR) is 335 cm³/mol. The third-order valence-electron chi connectivity index (χ3n) is 20.7. The van der Waals surface area contributed by atoms with Gasteiger partial charge >= 0.3 is 0 Å². The maximum absolute atomic E-state index is 7.30. The van der Waals surface area contributed by atoms with Crippen LogP contribution in [-0.2, 0) is 16.2 Å². The molecule has 2 aliphatic heterocycles. The normalized spacial score (nSPS) is 19.4. The summed E-state index contributed by atoms with van der Waals surface area (Å²) < 4.78 is 14.2. The van der Waals surface area contributed by atoms with Gasteiger partial charge in [0.25, 0.3) is 0 Å². The number of nitrogens with zero attached hydrogens (tertiary/aromatic N) is 1. The first-order valence-electron chi connectivity index (χ1n) is 30.5. The van der Waals surface area contributed by atoms with Crippen LogP contribution in [0.4, 0.5) is 17.1 Å². The molecule has 17 rings (SSSR count). The summed E-state index contributed by atoms with van der Waals surface area (Å²) in [5.41, 5.74) is 21.3. The summed E-state index contributed by atoms with van der Waals surface area (Å²) in [5, 5.41) is 2.46. The number of hydrogen-bond acceptors (Lipinski definition) is 3. The number of ether oxygens (including phenoxy) is 2. The summed E-state index contributed by atoms with van der Waals surface area (Å²) in [6.07, 6.45) is 21.0. The average molecular weight is 1060 g/mol. The Morgan fingerprint density at radius 3 is 1.62 bits per heavy atom. The van der Waals surface area contributed by atoms with Crippen LogP contribution in [0.25, 0.3) is 33.0 Å². The topological polar surface area (TPSA) is 21.7 Å². The molecule has 1 unspecified atom stereocenters. The molecule has 3 heteroatoms. The molecule has 0 amide bonds. The Labute approximate surface area is 482 Å². The molecule has 2 heterocycles. The zero-order valence-corrected chi connectivity index (χ0v) is 46.6. The van der Waals surface area contributed by atoms with E-state index in [4.69, 9.17) is 9.47 Å². The highest BCUT2D eigenvalue weighted by Crippen LogP contribution is 2.68. The van der Waals surface area contributed by atoms with Gasteiger partial charge in [0, 0.05) is 44.6 Å². The van der Waals surface area contributed by atoms with Gasteiger partial charge in [0.05, 0.1) is 16.5 Å². The highest BCUT2D eigenvalue weighted by atomic mass is 16.5. The fraction of sp³-hybridized carbons (Fsp3) is 0.215. The van der Waals surface area contributed by atoms with Gasteiger partial charge < -0.3 is 14.4 Å². The summed E-state index contributed by atoms with van der Waals surface area (Å²) in [4.78, 5) is 2.61. The average Bonchev–Trinajstić information content (AvgIpc) is 1.77. The molecule has 82 heavy (non-hydrogen) atoms. The molecule has 0 radical (unpaired) electrons. The minimum Gasteiger partial charge on any atom is -0.457 e. The second kappa shape index (κ2) is 18.4. The van der Waals surface area contributed by atoms with Gasteiger partial charge in [0.2, 0.25) is 0 Å². The van der Waals surface area contributed by atoms with Gasteiger partial charge in [-0.2, -0.15) is 0 Å². The zero-order chi connectivity index (χ0) is 54.2. The number of para-hydroxylation sites is 3. The monoisotopic (exact) mass is 1060 g/mol. The number of benzene rings is 10. The molecule has 0 bridgehead atoms. The van der Waals surface area contributed by atoms with Crippen molar-refractivity contribution in [2.75, 3.05) is 4.90 Å². The lowest BCUT2D eigenvalue weighted by Crippen LogP contribution is -2.37.